The van der Waals surface area contributed by atoms with Crippen LogP contribution in [0.15, 0.2) is 42.5 Å². The first-order valence-corrected chi connectivity index (χ1v) is 8.60. The van der Waals surface area contributed by atoms with Crippen LogP contribution in [0.4, 0.5) is 5.69 Å². The molecule has 7 nitrogen and oxygen atoms in total. The van der Waals surface area contributed by atoms with Crippen molar-refractivity contribution in [3.05, 3.63) is 59.2 Å². The molecule has 0 saturated carbocycles. The molecular formula is C20H26ClN3O4. The number of nitrogen functional groups attached to an aromatic ring is 1. The Morgan fingerprint density at radius 1 is 1.25 bits per heavy atom. The molecule has 28 heavy (non-hydrogen) atoms. The minimum atomic E-state index is -1.01. The summed E-state index contributed by atoms with van der Waals surface area (Å²) >= 11 is 0. The van der Waals surface area contributed by atoms with Gasteiger partial charge in [0, 0.05) is 23.4 Å². The van der Waals surface area contributed by atoms with Crippen molar-refractivity contribution in [2.24, 2.45) is 5.73 Å². The van der Waals surface area contributed by atoms with Gasteiger partial charge in [0.05, 0.1) is 13.2 Å². The number of amidine groups is 1. The molecule has 0 aromatic heterocycles. The van der Waals surface area contributed by atoms with E-state index in [1.54, 1.807) is 49.6 Å². The second kappa shape index (κ2) is 10.5. The summed E-state index contributed by atoms with van der Waals surface area (Å²) in [6, 6.07) is 11.0. The fourth-order valence-corrected chi connectivity index (χ4v) is 2.79. The molecule has 0 amide bonds. The van der Waals surface area contributed by atoms with Crippen molar-refractivity contribution in [3.8, 4) is 5.75 Å². The van der Waals surface area contributed by atoms with Crippen molar-refractivity contribution in [2.75, 3.05) is 19.0 Å². The molecule has 0 radical (unpaired) electrons. The van der Waals surface area contributed by atoms with Gasteiger partial charge in [0.2, 0.25) is 0 Å². The number of nitrogens with two attached hydrogens (primary N) is 1. The molecule has 152 valence electrons. The molecule has 2 aromatic carbocycles. The van der Waals surface area contributed by atoms with E-state index in [-0.39, 0.29) is 24.3 Å². The summed E-state index contributed by atoms with van der Waals surface area (Å²) in [4.78, 5) is 11.9. The molecule has 2 aromatic rings. The maximum Gasteiger partial charge on any atom is 0.330 e. The largest absolute Gasteiger partial charge is 0.496 e. The van der Waals surface area contributed by atoms with Crippen molar-refractivity contribution in [1.82, 2.24) is 0 Å². The second-order valence-electron chi connectivity index (χ2n) is 6.01. The van der Waals surface area contributed by atoms with Crippen LogP contribution < -0.4 is 15.8 Å². The van der Waals surface area contributed by atoms with Gasteiger partial charge in [0.1, 0.15) is 11.6 Å². The molecule has 0 heterocycles. The first-order valence-electron chi connectivity index (χ1n) is 8.60. The average molecular weight is 408 g/mol. The van der Waals surface area contributed by atoms with E-state index in [1.165, 1.54) is 0 Å². The molecule has 0 aliphatic rings. The van der Waals surface area contributed by atoms with Crippen molar-refractivity contribution < 1.29 is 19.4 Å². The number of carbonyl (C=O) groups is 1. The Labute approximate surface area is 170 Å². The van der Waals surface area contributed by atoms with Crippen LogP contribution in [0.1, 0.15) is 42.7 Å². The van der Waals surface area contributed by atoms with Crippen molar-refractivity contribution in [3.63, 3.8) is 0 Å². The Hall–Kier alpha value is -2.77. The maximum atomic E-state index is 11.9. The quantitative estimate of drug-likeness (QED) is 0.371. The lowest BCUT2D eigenvalue weighted by Crippen LogP contribution is -2.21. The van der Waals surface area contributed by atoms with Crippen LogP contribution >= 0.6 is 12.4 Å². The van der Waals surface area contributed by atoms with Crippen LogP contribution in [-0.2, 0) is 9.53 Å². The summed E-state index contributed by atoms with van der Waals surface area (Å²) in [5.74, 6) is -0.401. The Morgan fingerprint density at radius 2 is 1.89 bits per heavy atom. The lowest BCUT2D eigenvalue weighted by atomic mass is 10.00. The Balaban J connectivity index is 0.00000392. The minimum Gasteiger partial charge on any atom is -0.496 e. The number of nitrogens with one attached hydrogen (secondary N) is 2. The van der Waals surface area contributed by atoms with Crippen molar-refractivity contribution >= 4 is 29.9 Å². The van der Waals surface area contributed by atoms with E-state index in [1.807, 2.05) is 13.8 Å². The number of hydrogen-bond donors (Lipinski definition) is 4. The van der Waals surface area contributed by atoms with E-state index in [0.29, 0.717) is 29.2 Å². The summed E-state index contributed by atoms with van der Waals surface area (Å²) in [5.41, 5.74) is 8.01. The van der Waals surface area contributed by atoms with Gasteiger partial charge in [-0.3, -0.25) is 5.41 Å². The van der Waals surface area contributed by atoms with Gasteiger partial charge in [-0.1, -0.05) is 6.07 Å². The monoisotopic (exact) mass is 407 g/mol. The molecule has 1 unspecified atom stereocenters. The molecule has 2 atom stereocenters. The standard InChI is InChI=1S/C20H25N3O4.ClH/c1-4-27-12(2)16-11-14(7-10-17(16)26-3)18(20(24)25)23-15-8-5-13(6-9-15)19(21)22;/h5-12,18,23H,4H2,1-3H3,(H3,21,22)(H,24,25);1H/t12-,18?;/m0./s1. The Morgan fingerprint density at radius 3 is 2.39 bits per heavy atom. The van der Waals surface area contributed by atoms with Gasteiger partial charge in [-0.2, -0.15) is 0 Å². The smallest absolute Gasteiger partial charge is 0.330 e. The van der Waals surface area contributed by atoms with Crippen molar-refractivity contribution in [1.29, 1.82) is 5.41 Å². The van der Waals surface area contributed by atoms with Crippen LogP contribution in [0.2, 0.25) is 0 Å². The highest BCUT2D eigenvalue weighted by Crippen LogP contribution is 2.31. The molecule has 0 aliphatic carbocycles. The van der Waals surface area contributed by atoms with Gasteiger partial charge >= 0.3 is 5.97 Å². The first-order chi connectivity index (χ1) is 12.9. The van der Waals surface area contributed by atoms with Gasteiger partial charge in [-0.05, 0) is 55.8 Å². The number of hydrogen-bond acceptors (Lipinski definition) is 5. The van der Waals surface area contributed by atoms with Crippen LogP contribution in [0.5, 0.6) is 5.75 Å². The van der Waals surface area contributed by atoms with E-state index in [2.05, 4.69) is 5.32 Å². The lowest BCUT2D eigenvalue weighted by Gasteiger charge is -2.21. The highest BCUT2D eigenvalue weighted by atomic mass is 35.5. The van der Waals surface area contributed by atoms with E-state index in [4.69, 9.17) is 20.6 Å². The molecule has 0 aliphatic heterocycles. The lowest BCUT2D eigenvalue weighted by molar-refractivity contribution is -0.138. The van der Waals surface area contributed by atoms with Gasteiger partial charge in [-0.15, -0.1) is 12.4 Å². The van der Waals surface area contributed by atoms with Crippen LogP contribution in [0.3, 0.4) is 0 Å². The van der Waals surface area contributed by atoms with E-state index >= 15 is 0 Å². The summed E-state index contributed by atoms with van der Waals surface area (Å²) in [6.07, 6.45) is -0.228. The number of rotatable bonds is 9. The fourth-order valence-electron chi connectivity index (χ4n) is 2.79. The average Bonchev–Trinajstić information content (AvgIpc) is 2.66. The molecule has 2 rings (SSSR count). The summed E-state index contributed by atoms with van der Waals surface area (Å²) in [7, 11) is 1.57. The summed E-state index contributed by atoms with van der Waals surface area (Å²) in [5, 5.41) is 20.1. The predicted molar refractivity (Wildman–Crippen MR) is 112 cm³/mol. The molecule has 8 heteroatoms. The van der Waals surface area contributed by atoms with Gasteiger partial charge in [0.15, 0.2) is 6.04 Å². The number of aliphatic carboxylic acids is 1. The van der Waals surface area contributed by atoms with Gasteiger partial charge < -0.3 is 25.6 Å². The van der Waals surface area contributed by atoms with E-state index in [0.717, 1.165) is 5.56 Å². The third kappa shape index (κ3) is 5.61. The molecule has 0 saturated heterocycles. The normalized spacial score (nSPS) is 12.4. The maximum absolute atomic E-state index is 11.9. The summed E-state index contributed by atoms with van der Waals surface area (Å²) < 4.78 is 11.0. The zero-order chi connectivity index (χ0) is 20.0. The highest BCUT2D eigenvalue weighted by Gasteiger charge is 2.22. The zero-order valence-corrected chi connectivity index (χ0v) is 16.9. The number of ether oxygens (including phenoxy) is 2. The fraction of sp³-hybridized carbons (Fsp3) is 0.300. The third-order valence-electron chi connectivity index (χ3n) is 4.20. The number of carboxylic acid groups (broad SMARTS) is 1. The Kier molecular flexibility index (Phi) is 8.76. The third-order valence-corrected chi connectivity index (χ3v) is 4.20. The number of halogens is 1. The van der Waals surface area contributed by atoms with E-state index < -0.39 is 12.0 Å². The Bertz CT molecular complexity index is 812. The number of carboxylic acids is 1. The topological polar surface area (TPSA) is 118 Å². The number of anilines is 1. The predicted octanol–water partition coefficient (Wildman–Crippen LogP) is 3.74. The second-order valence-corrected chi connectivity index (χ2v) is 6.01. The molecule has 5 N–H and O–H groups in total. The van der Waals surface area contributed by atoms with Crippen LogP contribution in [-0.4, -0.2) is 30.6 Å². The van der Waals surface area contributed by atoms with Crippen LogP contribution in [0.25, 0.3) is 0 Å². The molecule has 0 fully saturated rings. The SMILES string of the molecule is CCO[C@@H](C)c1cc(C(Nc2ccc(C(=N)N)cc2)C(=O)O)ccc1OC.Cl. The zero-order valence-electron chi connectivity index (χ0n) is 16.1. The highest BCUT2D eigenvalue weighted by molar-refractivity contribution is 5.95. The first kappa shape index (κ1) is 23.3. The van der Waals surface area contributed by atoms with Crippen LogP contribution in [0, 0.1) is 5.41 Å². The molecular weight excluding hydrogens is 382 g/mol. The van der Waals surface area contributed by atoms with Gasteiger partial charge in [-0.25, -0.2) is 4.79 Å². The summed E-state index contributed by atoms with van der Waals surface area (Å²) in [6.45, 7) is 4.34. The minimum absolute atomic E-state index is 0. The molecule has 0 spiro atoms. The number of methoxy groups -OCH3 is 1. The van der Waals surface area contributed by atoms with Gasteiger partial charge in [0.25, 0.3) is 0 Å². The molecule has 0 bridgehead atoms. The van der Waals surface area contributed by atoms with Crippen molar-refractivity contribution in [2.45, 2.75) is 26.0 Å². The van der Waals surface area contributed by atoms with E-state index in [9.17, 15) is 9.90 Å². The number of benzene rings is 2.